The van der Waals surface area contributed by atoms with Crippen molar-refractivity contribution >= 4 is 38.3 Å². The van der Waals surface area contributed by atoms with Crippen LogP contribution in [0.3, 0.4) is 0 Å². The molecule has 94 valence electrons. The molecule has 0 aromatic carbocycles. The normalized spacial score (nSPS) is 23.2. The molecular formula is C11H15BrN2O2S. The summed E-state index contributed by atoms with van der Waals surface area (Å²) in [4.78, 5) is 15.8. The first-order valence-electron chi connectivity index (χ1n) is 5.70. The van der Waals surface area contributed by atoms with Crippen molar-refractivity contribution < 1.29 is 9.53 Å². The van der Waals surface area contributed by atoms with Crippen LogP contribution in [-0.4, -0.2) is 23.6 Å². The highest BCUT2D eigenvalue weighted by Crippen LogP contribution is 2.33. The number of amides is 1. The van der Waals surface area contributed by atoms with Gasteiger partial charge < -0.3 is 10.1 Å². The van der Waals surface area contributed by atoms with Gasteiger partial charge in [-0.1, -0.05) is 11.3 Å². The van der Waals surface area contributed by atoms with Gasteiger partial charge in [-0.2, -0.15) is 0 Å². The molecule has 17 heavy (non-hydrogen) atoms. The first-order valence-corrected chi connectivity index (χ1v) is 7.31. The van der Waals surface area contributed by atoms with E-state index in [4.69, 9.17) is 4.74 Å². The summed E-state index contributed by atoms with van der Waals surface area (Å²) in [7, 11) is 0. The van der Waals surface area contributed by atoms with E-state index in [2.05, 4.69) is 26.2 Å². The monoisotopic (exact) mass is 318 g/mol. The molecule has 1 heterocycles. The van der Waals surface area contributed by atoms with E-state index in [0.717, 1.165) is 23.2 Å². The number of thiazole rings is 1. The number of anilines is 1. The molecule has 0 saturated heterocycles. The highest BCUT2D eigenvalue weighted by Gasteiger charge is 2.31. The lowest BCUT2D eigenvalue weighted by atomic mass is 9.80. The van der Waals surface area contributed by atoms with Gasteiger partial charge in [0.25, 0.3) is 0 Å². The molecule has 0 atom stereocenters. The SMILES string of the molecule is CCOC1CC(CC(=O)Nc2ncc(Br)s2)C1. The fourth-order valence-electron chi connectivity index (χ4n) is 1.96. The number of carbonyl (C=O) groups is 1. The first kappa shape index (κ1) is 13.0. The van der Waals surface area contributed by atoms with Crippen LogP contribution in [0.2, 0.25) is 0 Å². The van der Waals surface area contributed by atoms with E-state index in [1.165, 1.54) is 11.3 Å². The number of aromatic nitrogens is 1. The van der Waals surface area contributed by atoms with E-state index in [9.17, 15) is 4.79 Å². The van der Waals surface area contributed by atoms with Crippen molar-refractivity contribution in [2.24, 2.45) is 5.92 Å². The van der Waals surface area contributed by atoms with Crippen molar-refractivity contribution in [1.29, 1.82) is 0 Å². The summed E-state index contributed by atoms with van der Waals surface area (Å²) >= 11 is 4.74. The van der Waals surface area contributed by atoms with Crippen LogP contribution in [0.25, 0.3) is 0 Å². The lowest BCUT2D eigenvalue weighted by molar-refractivity contribution is -0.119. The van der Waals surface area contributed by atoms with E-state index in [-0.39, 0.29) is 5.91 Å². The predicted molar refractivity (Wildman–Crippen MR) is 71.2 cm³/mol. The van der Waals surface area contributed by atoms with Gasteiger partial charge in [0.05, 0.1) is 16.1 Å². The maximum Gasteiger partial charge on any atom is 0.226 e. The highest BCUT2D eigenvalue weighted by molar-refractivity contribution is 9.11. The second-order valence-corrected chi connectivity index (χ2v) is 6.55. The molecule has 1 amide bonds. The summed E-state index contributed by atoms with van der Waals surface area (Å²) in [5, 5.41) is 3.46. The van der Waals surface area contributed by atoms with Gasteiger partial charge in [0, 0.05) is 13.0 Å². The van der Waals surface area contributed by atoms with E-state index >= 15 is 0 Å². The Balaban J connectivity index is 1.69. The second-order valence-electron chi connectivity index (χ2n) is 4.14. The average molecular weight is 319 g/mol. The van der Waals surface area contributed by atoms with Crippen molar-refractivity contribution in [2.45, 2.75) is 32.3 Å². The molecule has 1 saturated carbocycles. The fourth-order valence-corrected chi connectivity index (χ4v) is 3.08. The molecule has 0 radical (unpaired) electrons. The quantitative estimate of drug-likeness (QED) is 0.907. The number of rotatable bonds is 5. The summed E-state index contributed by atoms with van der Waals surface area (Å²) in [5.41, 5.74) is 0. The van der Waals surface area contributed by atoms with E-state index in [0.29, 0.717) is 23.6 Å². The number of nitrogens with zero attached hydrogens (tertiary/aromatic N) is 1. The molecule has 0 unspecified atom stereocenters. The van der Waals surface area contributed by atoms with Crippen LogP contribution in [0.1, 0.15) is 26.2 Å². The smallest absolute Gasteiger partial charge is 0.226 e. The molecule has 1 aliphatic rings. The van der Waals surface area contributed by atoms with Crippen LogP contribution in [0, 0.1) is 5.92 Å². The summed E-state index contributed by atoms with van der Waals surface area (Å²) in [6.07, 6.45) is 4.63. The lowest BCUT2D eigenvalue weighted by Gasteiger charge is -2.34. The number of ether oxygens (including phenoxy) is 1. The molecule has 2 rings (SSSR count). The molecule has 0 spiro atoms. The molecule has 1 fully saturated rings. The first-order chi connectivity index (χ1) is 8.17. The topological polar surface area (TPSA) is 51.2 Å². The zero-order valence-electron chi connectivity index (χ0n) is 9.61. The minimum absolute atomic E-state index is 0.0480. The molecule has 1 aliphatic carbocycles. The van der Waals surface area contributed by atoms with Crippen LogP contribution < -0.4 is 5.32 Å². The zero-order chi connectivity index (χ0) is 12.3. The van der Waals surface area contributed by atoms with E-state index in [1.54, 1.807) is 6.20 Å². The number of carbonyl (C=O) groups excluding carboxylic acids is 1. The molecule has 1 aromatic rings. The molecule has 0 aliphatic heterocycles. The molecule has 1 aromatic heterocycles. The highest BCUT2D eigenvalue weighted by atomic mass is 79.9. The van der Waals surface area contributed by atoms with Gasteiger partial charge in [0.2, 0.25) is 5.91 Å². The minimum atomic E-state index is 0.0480. The Morgan fingerprint density at radius 2 is 2.47 bits per heavy atom. The minimum Gasteiger partial charge on any atom is -0.378 e. The molecule has 0 bridgehead atoms. The van der Waals surface area contributed by atoms with Crippen molar-refractivity contribution in [3.63, 3.8) is 0 Å². The Kier molecular flexibility index (Phi) is 4.53. The van der Waals surface area contributed by atoms with Crippen molar-refractivity contribution in [3.05, 3.63) is 9.98 Å². The molecule has 1 N–H and O–H groups in total. The van der Waals surface area contributed by atoms with Crippen LogP contribution in [0.15, 0.2) is 9.98 Å². The zero-order valence-corrected chi connectivity index (χ0v) is 12.0. The van der Waals surface area contributed by atoms with Gasteiger partial charge in [-0.3, -0.25) is 4.79 Å². The van der Waals surface area contributed by atoms with Crippen LogP contribution in [0.4, 0.5) is 5.13 Å². The second kappa shape index (κ2) is 5.93. The number of hydrogen-bond acceptors (Lipinski definition) is 4. The Bertz CT molecular complexity index is 391. The van der Waals surface area contributed by atoms with Gasteiger partial charge in [0.1, 0.15) is 0 Å². The third-order valence-corrected chi connectivity index (χ3v) is 4.18. The molecule has 6 heteroatoms. The Hall–Kier alpha value is -0.460. The third kappa shape index (κ3) is 3.76. The summed E-state index contributed by atoms with van der Waals surface area (Å²) < 4.78 is 6.39. The molecular weight excluding hydrogens is 304 g/mol. The van der Waals surface area contributed by atoms with Gasteiger partial charge in [-0.15, -0.1) is 0 Å². The van der Waals surface area contributed by atoms with Gasteiger partial charge >= 0.3 is 0 Å². The lowest BCUT2D eigenvalue weighted by Crippen LogP contribution is -2.33. The van der Waals surface area contributed by atoms with Crippen LogP contribution >= 0.6 is 27.3 Å². The third-order valence-electron chi connectivity index (χ3n) is 2.79. The van der Waals surface area contributed by atoms with Crippen LogP contribution in [0.5, 0.6) is 0 Å². The van der Waals surface area contributed by atoms with Gasteiger partial charge in [0.15, 0.2) is 5.13 Å². The number of halogens is 1. The van der Waals surface area contributed by atoms with E-state index in [1.807, 2.05) is 6.92 Å². The average Bonchev–Trinajstić information content (AvgIpc) is 2.61. The van der Waals surface area contributed by atoms with Crippen molar-refractivity contribution in [2.75, 3.05) is 11.9 Å². The van der Waals surface area contributed by atoms with E-state index < -0.39 is 0 Å². The van der Waals surface area contributed by atoms with Crippen LogP contribution in [-0.2, 0) is 9.53 Å². The Morgan fingerprint density at radius 1 is 1.71 bits per heavy atom. The molecule has 4 nitrogen and oxygen atoms in total. The number of hydrogen-bond donors (Lipinski definition) is 1. The van der Waals surface area contributed by atoms with Crippen molar-refractivity contribution in [1.82, 2.24) is 4.98 Å². The standard InChI is InChI=1S/C11H15BrN2O2S/c1-2-16-8-3-7(4-8)5-10(15)14-11-13-6-9(12)17-11/h6-8H,2-5H2,1H3,(H,13,14,15). The summed E-state index contributed by atoms with van der Waals surface area (Å²) in [6, 6.07) is 0. The summed E-state index contributed by atoms with van der Waals surface area (Å²) in [6.45, 7) is 2.76. The Morgan fingerprint density at radius 3 is 3.06 bits per heavy atom. The van der Waals surface area contributed by atoms with Gasteiger partial charge in [-0.05, 0) is 41.6 Å². The fraction of sp³-hybridized carbons (Fsp3) is 0.636. The predicted octanol–water partition coefficient (Wildman–Crippen LogP) is 3.05. The van der Waals surface area contributed by atoms with Crippen molar-refractivity contribution in [3.8, 4) is 0 Å². The number of nitrogens with one attached hydrogen (secondary N) is 1. The largest absolute Gasteiger partial charge is 0.378 e. The maximum atomic E-state index is 11.7. The van der Waals surface area contributed by atoms with Gasteiger partial charge in [-0.25, -0.2) is 4.98 Å². The Labute approximate surface area is 113 Å². The summed E-state index contributed by atoms with van der Waals surface area (Å²) in [5.74, 6) is 0.516. The maximum absolute atomic E-state index is 11.7.